The molecule has 0 aliphatic rings. The van der Waals surface area contributed by atoms with Gasteiger partial charge in [0.1, 0.15) is 10.6 Å². The van der Waals surface area contributed by atoms with Crippen LogP contribution in [0.3, 0.4) is 0 Å². The maximum atomic E-state index is 11.2. The summed E-state index contributed by atoms with van der Waals surface area (Å²) in [7, 11) is 1.44. The van der Waals surface area contributed by atoms with Gasteiger partial charge in [-0.1, -0.05) is 6.07 Å². The fourth-order valence-corrected chi connectivity index (χ4v) is 2.08. The van der Waals surface area contributed by atoms with Gasteiger partial charge in [0.15, 0.2) is 0 Å². The number of nitrogens with one attached hydrogen (secondary N) is 1. The zero-order valence-corrected chi connectivity index (χ0v) is 8.96. The molecule has 0 aliphatic carbocycles. The maximum absolute atomic E-state index is 11.2. The molecule has 0 saturated heterocycles. The van der Waals surface area contributed by atoms with E-state index in [2.05, 4.69) is 15.2 Å². The Bertz CT molecular complexity index is 565. The van der Waals surface area contributed by atoms with E-state index in [9.17, 15) is 8.42 Å². The summed E-state index contributed by atoms with van der Waals surface area (Å²) in [5.41, 5.74) is 0.778. The Morgan fingerprint density at radius 2 is 2.13 bits per heavy atom. The predicted octanol–water partition coefficient (Wildman–Crippen LogP) is 1.40. The van der Waals surface area contributed by atoms with E-state index in [4.69, 9.17) is 10.7 Å². The lowest BCUT2D eigenvalue weighted by Crippen LogP contribution is -1.93. The number of H-pyrrole nitrogens is 1. The normalized spacial score (nSPS) is 11.5. The van der Waals surface area contributed by atoms with Crippen molar-refractivity contribution >= 4 is 19.7 Å². The van der Waals surface area contributed by atoms with Crippen LogP contribution in [0.1, 0.15) is 0 Å². The molecule has 1 N–H and O–H groups in total. The standard InChI is InChI=1S/C8H6ClN3O2S/c9-15(13,14)7-5-11-12-8(7)6-3-1-2-4-10-6/h1-5H,(H,11,12). The molecule has 2 rings (SSSR count). The van der Waals surface area contributed by atoms with Crippen molar-refractivity contribution in [3.63, 3.8) is 0 Å². The van der Waals surface area contributed by atoms with Gasteiger partial charge in [0, 0.05) is 16.9 Å². The van der Waals surface area contributed by atoms with E-state index in [1.165, 1.54) is 0 Å². The quantitative estimate of drug-likeness (QED) is 0.809. The van der Waals surface area contributed by atoms with E-state index < -0.39 is 9.05 Å². The second-order valence-corrected chi connectivity index (χ2v) is 5.30. The molecule has 0 unspecified atom stereocenters. The van der Waals surface area contributed by atoms with Crippen LogP contribution in [0.5, 0.6) is 0 Å². The minimum absolute atomic E-state index is 0.0668. The summed E-state index contributed by atoms with van der Waals surface area (Å²) in [6.45, 7) is 0. The van der Waals surface area contributed by atoms with Gasteiger partial charge in [0.25, 0.3) is 9.05 Å². The van der Waals surface area contributed by atoms with Gasteiger partial charge in [-0.15, -0.1) is 0 Å². The molecular weight excluding hydrogens is 238 g/mol. The van der Waals surface area contributed by atoms with Crippen molar-refractivity contribution in [2.24, 2.45) is 0 Å². The van der Waals surface area contributed by atoms with Gasteiger partial charge in [-0.2, -0.15) is 5.10 Å². The van der Waals surface area contributed by atoms with Crippen LogP contribution >= 0.6 is 10.7 Å². The lowest BCUT2D eigenvalue weighted by atomic mass is 10.3. The molecule has 2 aromatic heterocycles. The number of halogens is 1. The lowest BCUT2D eigenvalue weighted by Gasteiger charge is -1.98. The van der Waals surface area contributed by atoms with Crippen molar-refractivity contribution in [3.05, 3.63) is 30.6 Å². The molecule has 0 radical (unpaired) electrons. The van der Waals surface area contributed by atoms with Crippen molar-refractivity contribution < 1.29 is 8.42 Å². The Morgan fingerprint density at radius 1 is 1.33 bits per heavy atom. The van der Waals surface area contributed by atoms with Crippen molar-refractivity contribution in [1.29, 1.82) is 0 Å². The average Bonchev–Trinajstić information content (AvgIpc) is 2.67. The van der Waals surface area contributed by atoms with Crippen molar-refractivity contribution in [1.82, 2.24) is 15.2 Å². The van der Waals surface area contributed by atoms with Crippen molar-refractivity contribution in [2.45, 2.75) is 4.90 Å². The summed E-state index contributed by atoms with van der Waals surface area (Å²) in [5.74, 6) is 0. The monoisotopic (exact) mass is 243 g/mol. The van der Waals surface area contributed by atoms with Crippen LogP contribution in [0.2, 0.25) is 0 Å². The van der Waals surface area contributed by atoms with Gasteiger partial charge in [0.05, 0.1) is 11.9 Å². The Morgan fingerprint density at radius 3 is 2.73 bits per heavy atom. The average molecular weight is 244 g/mol. The summed E-state index contributed by atoms with van der Waals surface area (Å²) in [5, 5.41) is 6.19. The number of hydrogen-bond donors (Lipinski definition) is 1. The summed E-state index contributed by atoms with van der Waals surface area (Å²) >= 11 is 0. The molecule has 15 heavy (non-hydrogen) atoms. The number of aromatic nitrogens is 3. The molecule has 0 saturated carbocycles. The van der Waals surface area contributed by atoms with Gasteiger partial charge in [-0.25, -0.2) is 8.42 Å². The molecule has 0 atom stereocenters. The lowest BCUT2D eigenvalue weighted by molar-refractivity contribution is 0.610. The zero-order chi connectivity index (χ0) is 10.9. The second-order valence-electron chi connectivity index (χ2n) is 2.76. The highest BCUT2D eigenvalue weighted by Gasteiger charge is 2.19. The van der Waals surface area contributed by atoms with E-state index >= 15 is 0 Å². The Kier molecular flexibility index (Phi) is 2.45. The summed E-state index contributed by atoms with van der Waals surface area (Å²) in [6, 6.07) is 5.14. The molecular formula is C8H6ClN3O2S. The molecule has 0 aromatic carbocycles. The molecule has 78 valence electrons. The van der Waals surface area contributed by atoms with Gasteiger partial charge in [0.2, 0.25) is 0 Å². The third-order valence-electron chi connectivity index (χ3n) is 1.79. The molecule has 0 spiro atoms. The van der Waals surface area contributed by atoms with E-state index in [0.29, 0.717) is 11.4 Å². The Labute approximate surface area is 90.5 Å². The first kappa shape index (κ1) is 10.1. The largest absolute Gasteiger partial charge is 0.275 e. The molecule has 2 aromatic rings. The minimum atomic E-state index is -3.80. The van der Waals surface area contributed by atoms with Crippen LogP contribution in [0.15, 0.2) is 35.5 Å². The fourth-order valence-electron chi connectivity index (χ4n) is 1.15. The van der Waals surface area contributed by atoms with Gasteiger partial charge >= 0.3 is 0 Å². The SMILES string of the molecule is O=S(=O)(Cl)c1cn[nH]c1-c1ccccn1. The number of hydrogen-bond acceptors (Lipinski definition) is 4. The third kappa shape index (κ3) is 2.00. The first-order valence-corrected chi connectivity index (χ1v) is 6.29. The molecule has 0 amide bonds. The second kappa shape index (κ2) is 3.63. The van der Waals surface area contributed by atoms with Gasteiger partial charge in [-0.05, 0) is 12.1 Å². The van der Waals surface area contributed by atoms with Crippen molar-refractivity contribution in [2.75, 3.05) is 0 Å². The smallest absolute Gasteiger partial charge is 0.265 e. The van der Waals surface area contributed by atoms with Gasteiger partial charge in [-0.3, -0.25) is 10.1 Å². The molecule has 2 heterocycles. The predicted molar refractivity (Wildman–Crippen MR) is 54.9 cm³/mol. The van der Waals surface area contributed by atoms with Crippen LogP contribution in [0, 0.1) is 0 Å². The first-order valence-electron chi connectivity index (χ1n) is 3.98. The van der Waals surface area contributed by atoms with Crippen LogP contribution in [0.25, 0.3) is 11.4 Å². The number of nitrogens with zero attached hydrogens (tertiary/aromatic N) is 2. The summed E-state index contributed by atoms with van der Waals surface area (Å²) in [4.78, 5) is 3.93. The van der Waals surface area contributed by atoms with Crippen molar-refractivity contribution in [3.8, 4) is 11.4 Å². The topological polar surface area (TPSA) is 75.7 Å². The van der Waals surface area contributed by atoms with Gasteiger partial charge < -0.3 is 0 Å². The number of rotatable bonds is 2. The fraction of sp³-hybridized carbons (Fsp3) is 0. The summed E-state index contributed by atoms with van der Waals surface area (Å²) in [6.07, 6.45) is 2.72. The van der Waals surface area contributed by atoms with Crippen LogP contribution in [0.4, 0.5) is 0 Å². The number of aromatic amines is 1. The van der Waals surface area contributed by atoms with E-state index in [1.807, 2.05) is 0 Å². The molecule has 0 aliphatic heterocycles. The summed E-state index contributed by atoms with van der Waals surface area (Å²) < 4.78 is 22.3. The van der Waals surface area contributed by atoms with Crippen LogP contribution in [-0.2, 0) is 9.05 Å². The zero-order valence-electron chi connectivity index (χ0n) is 7.38. The molecule has 0 bridgehead atoms. The third-order valence-corrected chi connectivity index (χ3v) is 3.12. The Hall–Kier alpha value is -1.40. The molecule has 5 nitrogen and oxygen atoms in total. The van der Waals surface area contributed by atoms with E-state index in [0.717, 1.165) is 6.20 Å². The van der Waals surface area contributed by atoms with Crippen LogP contribution in [-0.4, -0.2) is 23.6 Å². The highest BCUT2D eigenvalue weighted by molar-refractivity contribution is 8.13. The highest BCUT2D eigenvalue weighted by atomic mass is 35.7. The Balaban J connectivity index is 2.61. The molecule has 7 heteroatoms. The highest BCUT2D eigenvalue weighted by Crippen LogP contribution is 2.25. The maximum Gasteiger partial charge on any atom is 0.265 e. The van der Waals surface area contributed by atoms with Crippen LogP contribution < -0.4 is 0 Å². The molecule has 0 fully saturated rings. The number of pyridine rings is 1. The van der Waals surface area contributed by atoms with E-state index in [-0.39, 0.29) is 4.90 Å². The minimum Gasteiger partial charge on any atom is -0.275 e. The first-order chi connectivity index (χ1) is 7.09. The van der Waals surface area contributed by atoms with E-state index in [1.54, 1.807) is 24.4 Å².